The third-order valence-electron chi connectivity index (χ3n) is 3.61. The van der Waals surface area contributed by atoms with E-state index >= 15 is 0 Å². The Hall–Kier alpha value is -2.40. The van der Waals surface area contributed by atoms with Gasteiger partial charge in [0.25, 0.3) is 0 Å². The lowest BCUT2D eigenvalue weighted by molar-refractivity contribution is 0.993. The van der Waals surface area contributed by atoms with Crippen molar-refractivity contribution in [3.05, 3.63) is 59.5 Å². The molecule has 0 amide bonds. The molecule has 0 aliphatic carbocycles. The van der Waals surface area contributed by atoms with Gasteiger partial charge in [0.15, 0.2) is 4.96 Å². The summed E-state index contributed by atoms with van der Waals surface area (Å²) in [4.78, 5) is 10.1. The highest BCUT2D eigenvalue weighted by atomic mass is 32.1. The third kappa shape index (κ3) is 2.15. The van der Waals surface area contributed by atoms with Gasteiger partial charge < -0.3 is 5.32 Å². The van der Waals surface area contributed by atoms with E-state index in [4.69, 9.17) is 0 Å². The van der Waals surface area contributed by atoms with Crippen LogP contribution in [0.2, 0.25) is 0 Å². The van der Waals surface area contributed by atoms with E-state index in [1.807, 2.05) is 24.4 Å². The van der Waals surface area contributed by atoms with Crippen LogP contribution in [0.3, 0.4) is 0 Å². The summed E-state index contributed by atoms with van der Waals surface area (Å²) in [5.74, 6) is 0. The van der Waals surface area contributed by atoms with Gasteiger partial charge >= 0.3 is 0 Å². The molecule has 0 aliphatic heterocycles. The van der Waals surface area contributed by atoms with E-state index in [2.05, 4.69) is 50.3 Å². The first-order chi connectivity index (χ1) is 10.3. The number of fused-ring (bicyclic) bond motifs is 2. The lowest BCUT2D eigenvalue weighted by Crippen LogP contribution is -2.03. The maximum Gasteiger partial charge on any atom is 0.194 e. The minimum Gasteiger partial charge on any atom is -0.378 e. The molecule has 4 nitrogen and oxygen atoms in total. The van der Waals surface area contributed by atoms with Crippen LogP contribution in [-0.2, 0) is 6.54 Å². The van der Waals surface area contributed by atoms with Crippen molar-refractivity contribution in [2.45, 2.75) is 13.5 Å². The highest BCUT2D eigenvalue weighted by Crippen LogP contribution is 2.20. The van der Waals surface area contributed by atoms with E-state index in [1.165, 1.54) is 5.69 Å². The lowest BCUT2D eigenvalue weighted by Gasteiger charge is -2.07. The molecular weight excluding hydrogens is 280 g/mol. The number of nitrogens with zero attached hydrogens (tertiary/aromatic N) is 3. The summed E-state index contributed by atoms with van der Waals surface area (Å²) in [6, 6.07) is 10.3. The topological polar surface area (TPSA) is 42.2 Å². The molecule has 0 aliphatic rings. The number of nitrogens with one attached hydrogen (secondary N) is 1. The molecule has 21 heavy (non-hydrogen) atoms. The first kappa shape index (κ1) is 12.3. The van der Waals surface area contributed by atoms with Crippen LogP contribution in [0.15, 0.2) is 48.1 Å². The van der Waals surface area contributed by atoms with E-state index in [9.17, 15) is 0 Å². The maximum atomic E-state index is 4.56. The molecule has 0 fully saturated rings. The number of imidazole rings is 1. The Labute approximate surface area is 126 Å². The van der Waals surface area contributed by atoms with Gasteiger partial charge in [0.1, 0.15) is 0 Å². The number of pyridine rings is 1. The Morgan fingerprint density at radius 3 is 3.14 bits per heavy atom. The van der Waals surface area contributed by atoms with Gasteiger partial charge in [0.2, 0.25) is 0 Å². The molecule has 0 bridgehead atoms. The summed E-state index contributed by atoms with van der Waals surface area (Å²) in [6.07, 6.45) is 3.94. The van der Waals surface area contributed by atoms with Crippen LogP contribution in [0.5, 0.6) is 0 Å². The van der Waals surface area contributed by atoms with Crippen LogP contribution in [0, 0.1) is 6.92 Å². The Kier molecular flexibility index (Phi) is 2.86. The number of thiazole rings is 1. The second-order valence-corrected chi connectivity index (χ2v) is 5.84. The number of benzene rings is 1. The Morgan fingerprint density at radius 1 is 1.29 bits per heavy atom. The second kappa shape index (κ2) is 4.86. The molecule has 1 aromatic carbocycles. The van der Waals surface area contributed by atoms with E-state index in [0.29, 0.717) is 0 Å². The van der Waals surface area contributed by atoms with Crippen LogP contribution < -0.4 is 5.32 Å². The maximum absolute atomic E-state index is 4.56. The van der Waals surface area contributed by atoms with Crippen molar-refractivity contribution in [3.63, 3.8) is 0 Å². The minimum atomic E-state index is 0.740. The highest BCUT2D eigenvalue weighted by Gasteiger charge is 2.09. The molecule has 0 unspecified atom stereocenters. The van der Waals surface area contributed by atoms with E-state index in [-0.39, 0.29) is 0 Å². The van der Waals surface area contributed by atoms with Crippen LogP contribution >= 0.6 is 11.3 Å². The van der Waals surface area contributed by atoms with Crippen LogP contribution in [0.4, 0.5) is 5.69 Å². The van der Waals surface area contributed by atoms with Gasteiger partial charge in [-0.3, -0.25) is 9.38 Å². The number of hydrogen-bond acceptors (Lipinski definition) is 4. The fourth-order valence-corrected chi connectivity index (χ4v) is 3.29. The average Bonchev–Trinajstić information content (AvgIpc) is 3.06. The Bertz CT molecular complexity index is 922. The highest BCUT2D eigenvalue weighted by molar-refractivity contribution is 7.15. The molecule has 0 spiro atoms. The number of hydrogen-bond donors (Lipinski definition) is 1. The summed E-state index contributed by atoms with van der Waals surface area (Å²) < 4.78 is 2.14. The molecular formula is C16H14N4S. The zero-order valence-corrected chi connectivity index (χ0v) is 12.4. The number of anilines is 1. The van der Waals surface area contributed by atoms with Gasteiger partial charge in [0.05, 0.1) is 35.3 Å². The molecule has 0 radical (unpaired) electrons. The second-order valence-electron chi connectivity index (χ2n) is 4.97. The summed E-state index contributed by atoms with van der Waals surface area (Å²) in [5.41, 5.74) is 4.31. The Morgan fingerprint density at radius 2 is 2.19 bits per heavy atom. The van der Waals surface area contributed by atoms with Crippen LogP contribution in [0.25, 0.3) is 15.9 Å². The number of para-hydroxylation sites is 1. The van der Waals surface area contributed by atoms with E-state index in [0.717, 1.165) is 33.8 Å². The first-order valence-electron chi connectivity index (χ1n) is 6.81. The summed E-state index contributed by atoms with van der Waals surface area (Å²) in [6.45, 7) is 2.79. The molecule has 4 aromatic rings. The summed E-state index contributed by atoms with van der Waals surface area (Å²) >= 11 is 1.66. The standard InChI is InChI=1S/C16H14N4S/c1-11-15(20-6-7-21-16(20)19-11)10-17-13-8-12-4-2-3-5-14(12)18-9-13/h2-9,17H,10H2,1H3. The van der Waals surface area contributed by atoms with Gasteiger partial charge in [-0.25, -0.2) is 4.98 Å². The van der Waals surface area contributed by atoms with Crippen molar-refractivity contribution in [2.24, 2.45) is 0 Å². The average molecular weight is 294 g/mol. The number of rotatable bonds is 3. The van der Waals surface area contributed by atoms with Gasteiger partial charge in [-0.1, -0.05) is 18.2 Å². The Balaban J connectivity index is 1.63. The van der Waals surface area contributed by atoms with Crippen molar-refractivity contribution in [1.82, 2.24) is 14.4 Å². The van der Waals surface area contributed by atoms with Crippen molar-refractivity contribution in [2.75, 3.05) is 5.32 Å². The molecule has 0 atom stereocenters. The quantitative estimate of drug-likeness (QED) is 0.624. The smallest absolute Gasteiger partial charge is 0.194 e. The van der Waals surface area contributed by atoms with Crippen molar-refractivity contribution in [1.29, 1.82) is 0 Å². The monoisotopic (exact) mass is 294 g/mol. The number of aryl methyl sites for hydroxylation is 1. The molecule has 0 saturated carbocycles. The summed E-state index contributed by atoms with van der Waals surface area (Å²) in [5, 5.41) is 6.65. The zero-order valence-electron chi connectivity index (χ0n) is 11.6. The molecule has 3 heterocycles. The van der Waals surface area contributed by atoms with E-state index < -0.39 is 0 Å². The largest absolute Gasteiger partial charge is 0.378 e. The van der Waals surface area contributed by atoms with Gasteiger partial charge in [-0.2, -0.15) is 0 Å². The van der Waals surface area contributed by atoms with Crippen molar-refractivity contribution >= 4 is 32.9 Å². The lowest BCUT2D eigenvalue weighted by atomic mass is 10.2. The number of aromatic nitrogens is 3. The first-order valence-corrected chi connectivity index (χ1v) is 7.69. The summed E-state index contributed by atoms with van der Waals surface area (Å²) in [7, 11) is 0. The normalized spacial score (nSPS) is 11.3. The molecule has 0 saturated heterocycles. The third-order valence-corrected chi connectivity index (χ3v) is 4.37. The van der Waals surface area contributed by atoms with Crippen LogP contribution in [-0.4, -0.2) is 14.4 Å². The predicted molar refractivity (Wildman–Crippen MR) is 86.9 cm³/mol. The van der Waals surface area contributed by atoms with Crippen LogP contribution in [0.1, 0.15) is 11.4 Å². The minimum absolute atomic E-state index is 0.740. The fraction of sp³-hybridized carbons (Fsp3) is 0.125. The fourth-order valence-electron chi connectivity index (χ4n) is 2.51. The molecule has 5 heteroatoms. The van der Waals surface area contributed by atoms with E-state index in [1.54, 1.807) is 11.3 Å². The van der Waals surface area contributed by atoms with Gasteiger partial charge in [-0.15, -0.1) is 11.3 Å². The van der Waals surface area contributed by atoms with Gasteiger partial charge in [0, 0.05) is 17.0 Å². The van der Waals surface area contributed by atoms with Gasteiger partial charge in [-0.05, 0) is 19.1 Å². The van der Waals surface area contributed by atoms with Crippen molar-refractivity contribution in [3.8, 4) is 0 Å². The predicted octanol–water partition coefficient (Wildman–Crippen LogP) is 3.86. The SMILES string of the molecule is Cc1nc2sccn2c1CNc1cnc2ccccc2c1. The molecule has 1 N–H and O–H groups in total. The molecule has 3 aromatic heterocycles. The zero-order chi connectivity index (χ0) is 14.2. The molecule has 104 valence electrons. The van der Waals surface area contributed by atoms with Crippen molar-refractivity contribution < 1.29 is 0 Å². The molecule has 4 rings (SSSR count).